The zero-order chi connectivity index (χ0) is 20.1. The Kier molecular flexibility index (Phi) is 8.43. The number of esters is 1. The first-order valence-corrected chi connectivity index (χ1v) is 12.4. The molecule has 3 rings (SSSR count). The molecule has 2 nitrogen and oxygen atoms in total. The van der Waals surface area contributed by atoms with Crippen LogP contribution in [0.2, 0.25) is 10.0 Å². The number of benzene rings is 1. The van der Waals surface area contributed by atoms with Gasteiger partial charge in [0, 0.05) is 30.9 Å². The van der Waals surface area contributed by atoms with Crippen molar-refractivity contribution in [3.63, 3.8) is 0 Å². The van der Waals surface area contributed by atoms with Crippen molar-refractivity contribution >= 4 is 63.9 Å². The molecule has 152 valence electrons. The molecule has 0 N–H and O–H groups in total. The fourth-order valence-electron chi connectivity index (χ4n) is 3.77. The number of carbonyl (C=O) groups is 1. The average Bonchev–Trinajstić information content (AvgIpc) is 3.26. The molecule has 1 saturated carbocycles. The monoisotopic (exact) mass is 476 g/mol. The lowest BCUT2D eigenvalue weighted by Crippen LogP contribution is -2.17. The van der Waals surface area contributed by atoms with Gasteiger partial charge in [-0.1, -0.05) is 23.2 Å². The van der Waals surface area contributed by atoms with Crippen molar-refractivity contribution in [2.24, 2.45) is 11.8 Å². The molecule has 1 aliphatic carbocycles. The number of hydrogen-bond acceptors (Lipinski definition) is 4. The van der Waals surface area contributed by atoms with E-state index >= 15 is 0 Å². The number of rotatable bonds is 8. The lowest BCUT2D eigenvalue weighted by molar-refractivity contribution is 0.0606. The second kappa shape index (κ2) is 10.6. The molecule has 1 fully saturated rings. The standard InChI is InChI=1S/C21H23Cl3O2S2/c1-26-21(25)20-8-6-16(28-20)3-2-4-18-13(5-7-19(18)24)12-27-17-10-14(22)9-15(23)11-17/h6,8-11,13,18-19H,2-5,7,12H2,1H3. The quantitative estimate of drug-likeness (QED) is 0.222. The molecular weight excluding hydrogens is 455 g/mol. The number of thioether (sulfide) groups is 1. The highest BCUT2D eigenvalue weighted by Crippen LogP contribution is 2.42. The van der Waals surface area contributed by atoms with Crippen molar-refractivity contribution in [2.75, 3.05) is 12.9 Å². The lowest BCUT2D eigenvalue weighted by atomic mass is 9.92. The summed E-state index contributed by atoms with van der Waals surface area (Å²) in [5, 5.41) is 1.61. The summed E-state index contributed by atoms with van der Waals surface area (Å²) in [6, 6.07) is 9.57. The van der Waals surface area contributed by atoms with Crippen LogP contribution >= 0.6 is 57.9 Å². The highest BCUT2D eigenvalue weighted by Gasteiger charge is 2.34. The number of ether oxygens (including phenoxy) is 1. The Bertz CT molecular complexity index is 788. The van der Waals surface area contributed by atoms with Crippen molar-refractivity contribution in [1.29, 1.82) is 0 Å². The number of halogens is 3. The van der Waals surface area contributed by atoms with Gasteiger partial charge in [-0.05, 0) is 74.3 Å². The van der Waals surface area contributed by atoms with Crippen LogP contribution in [0.5, 0.6) is 0 Å². The van der Waals surface area contributed by atoms with Crippen LogP contribution in [0.15, 0.2) is 35.2 Å². The summed E-state index contributed by atoms with van der Waals surface area (Å²) in [5.74, 6) is 1.92. The van der Waals surface area contributed by atoms with E-state index in [1.807, 2.05) is 36.0 Å². The zero-order valence-electron chi connectivity index (χ0n) is 15.6. The first kappa shape index (κ1) is 22.3. The normalized spacial score (nSPS) is 21.8. The van der Waals surface area contributed by atoms with Crippen LogP contribution in [0.25, 0.3) is 0 Å². The van der Waals surface area contributed by atoms with Gasteiger partial charge in [-0.2, -0.15) is 0 Å². The average molecular weight is 478 g/mol. The van der Waals surface area contributed by atoms with Crippen LogP contribution in [0, 0.1) is 11.8 Å². The molecule has 1 aromatic carbocycles. The maximum absolute atomic E-state index is 11.6. The number of thiophene rings is 1. The van der Waals surface area contributed by atoms with Gasteiger partial charge in [-0.3, -0.25) is 0 Å². The molecule has 28 heavy (non-hydrogen) atoms. The number of aryl methyl sites for hydroxylation is 1. The van der Waals surface area contributed by atoms with Crippen LogP contribution in [0.3, 0.4) is 0 Å². The Hall–Kier alpha value is -0.390. The van der Waals surface area contributed by atoms with E-state index in [1.165, 1.54) is 29.7 Å². The van der Waals surface area contributed by atoms with Crippen molar-refractivity contribution < 1.29 is 9.53 Å². The molecule has 1 aliphatic rings. The largest absolute Gasteiger partial charge is 0.465 e. The van der Waals surface area contributed by atoms with Crippen LogP contribution in [0.1, 0.15) is 40.2 Å². The lowest BCUT2D eigenvalue weighted by Gasteiger charge is -2.21. The highest BCUT2D eigenvalue weighted by molar-refractivity contribution is 7.99. The van der Waals surface area contributed by atoms with E-state index in [4.69, 9.17) is 39.5 Å². The first-order valence-electron chi connectivity index (χ1n) is 9.36. The molecule has 0 radical (unpaired) electrons. The van der Waals surface area contributed by atoms with E-state index in [-0.39, 0.29) is 11.3 Å². The minimum atomic E-state index is -0.258. The third-order valence-electron chi connectivity index (χ3n) is 5.19. The SMILES string of the molecule is COC(=O)c1ccc(CCCC2C(Cl)CCC2CSc2cc(Cl)cc(Cl)c2)s1. The molecule has 0 spiro atoms. The third-order valence-corrected chi connectivity index (χ3v) is 8.46. The van der Waals surface area contributed by atoms with E-state index in [0.717, 1.165) is 36.3 Å². The minimum Gasteiger partial charge on any atom is -0.465 e. The van der Waals surface area contributed by atoms with Gasteiger partial charge in [0.25, 0.3) is 0 Å². The topological polar surface area (TPSA) is 26.3 Å². The summed E-state index contributed by atoms with van der Waals surface area (Å²) in [4.78, 5) is 14.6. The summed E-state index contributed by atoms with van der Waals surface area (Å²) in [6.45, 7) is 0. The van der Waals surface area contributed by atoms with Gasteiger partial charge in [0.15, 0.2) is 0 Å². The van der Waals surface area contributed by atoms with Crippen molar-refractivity contribution in [2.45, 2.75) is 42.4 Å². The van der Waals surface area contributed by atoms with Crippen LogP contribution in [-0.4, -0.2) is 24.2 Å². The summed E-state index contributed by atoms with van der Waals surface area (Å²) in [6.07, 6.45) is 5.43. The molecule has 3 unspecified atom stereocenters. The second-order valence-electron chi connectivity index (χ2n) is 7.08. The van der Waals surface area contributed by atoms with Crippen LogP contribution in [0.4, 0.5) is 0 Å². The van der Waals surface area contributed by atoms with Crippen molar-refractivity contribution in [3.8, 4) is 0 Å². The molecular formula is C21H23Cl3O2S2. The second-order valence-corrected chi connectivity index (χ2v) is 10.8. The van der Waals surface area contributed by atoms with Gasteiger partial charge in [0.2, 0.25) is 0 Å². The summed E-state index contributed by atoms with van der Waals surface area (Å²) in [5.41, 5.74) is 0. The number of methoxy groups -OCH3 is 1. The Labute approximate surface area is 189 Å². The highest BCUT2D eigenvalue weighted by atomic mass is 35.5. The molecule has 3 atom stereocenters. The third kappa shape index (κ3) is 6.06. The van der Waals surface area contributed by atoms with Crippen LogP contribution < -0.4 is 0 Å². The maximum Gasteiger partial charge on any atom is 0.348 e. The smallest absolute Gasteiger partial charge is 0.348 e. The molecule has 7 heteroatoms. The summed E-state index contributed by atoms with van der Waals surface area (Å²) < 4.78 is 4.78. The van der Waals surface area contributed by atoms with E-state index < -0.39 is 0 Å². The van der Waals surface area contributed by atoms with Gasteiger partial charge < -0.3 is 4.74 Å². The van der Waals surface area contributed by atoms with Crippen LogP contribution in [-0.2, 0) is 11.2 Å². The molecule has 0 amide bonds. The Balaban J connectivity index is 1.50. The molecule has 1 aromatic heterocycles. The summed E-state index contributed by atoms with van der Waals surface area (Å²) in [7, 11) is 1.41. The predicted octanol–water partition coefficient (Wildman–Crippen LogP) is 7.59. The van der Waals surface area contributed by atoms with Gasteiger partial charge in [-0.15, -0.1) is 34.7 Å². The van der Waals surface area contributed by atoms with E-state index in [0.29, 0.717) is 26.8 Å². The van der Waals surface area contributed by atoms with E-state index in [2.05, 4.69) is 0 Å². The minimum absolute atomic E-state index is 0.252. The zero-order valence-corrected chi connectivity index (χ0v) is 19.5. The molecule has 1 heterocycles. The van der Waals surface area contributed by atoms with Crippen molar-refractivity contribution in [1.82, 2.24) is 0 Å². The Morgan fingerprint density at radius 2 is 1.96 bits per heavy atom. The van der Waals surface area contributed by atoms with Gasteiger partial charge >= 0.3 is 5.97 Å². The van der Waals surface area contributed by atoms with Gasteiger partial charge in [0.1, 0.15) is 4.88 Å². The van der Waals surface area contributed by atoms with E-state index in [1.54, 1.807) is 6.07 Å². The summed E-state index contributed by atoms with van der Waals surface area (Å²) >= 11 is 22.2. The molecule has 0 aliphatic heterocycles. The first-order chi connectivity index (χ1) is 13.5. The van der Waals surface area contributed by atoms with Crippen molar-refractivity contribution in [3.05, 3.63) is 50.1 Å². The predicted molar refractivity (Wildman–Crippen MR) is 122 cm³/mol. The maximum atomic E-state index is 11.6. The fraction of sp³-hybridized carbons (Fsp3) is 0.476. The Morgan fingerprint density at radius 3 is 2.68 bits per heavy atom. The molecule has 2 aromatic rings. The number of alkyl halides is 1. The van der Waals surface area contributed by atoms with E-state index in [9.17, 15) is 4.79 Å². The molecule has 0 bridgehead atoms. The molecule has 0 saturated heterocycles. The fourth-order valence-corrected chi connectivity index (χ4v) is 7.09. The number of hydrogen-bond donors (Lipinski definition) is 0. The van der Waals surface area contributed by atoms with Gasteiger partial charge in [0.05, 0.1) is 7.11 Å². The number of carbonyl (C=O) groups excluding carboxylic acids is 1. The Morgan fingerprint density at radius 1 is 1.21 bits per heavy atom. The van der Waals surface area contributed by atoms with Gasteiger partial charge in [-0.25, -0.2) is 4.79 Å².